The third-order valence-electron chi connectivity index (χ3n) is 2.04. The Morgan fingerprint density at radius 3 is 2.93 bits per heavy atom. The molecule has 0 atom stereocenters. The number of nitriles is 1. The summed E-state index contributed by atoms with van der Waals surface area (Å²) in [6.07, 6.45) is 0.569. The van der Waals surface area contributed by atoms with Crippen LogP contribution in [0, 0.1) is 11.3 Å². The summed E-state index contributed by atoms with van der Waals surface area (Å²) in [7, 11) is 0. The molecule has 1 aromatic heterocycles. The lowest BCUT2D eigenvalue weighted by Gasteiger charge is -2.00. The highest BCUT2D eigenvalue weighted by Crippen LogP contribution is 2.20. The summed E-state index contributed by atoms with van der Waals surface area (Å²) in [5.74, 6) is 0.807. The first kappa shape index (κ1) is 10.0. The zero-order valence-electron chi connectivity index (χ0n) is 8.18. The third-order valence-corrected chi connectivity index (χ3v) is 2.97. The van der Waals surface area contributed by atoms with Gasteiger partial charge < -0.3 is 0 Å². The van der Waals surface area contributed by atoms with Crippen LogP contribution in [-0.4, -0.2) is 10.7 Å². The van der Waals surface area contributed by atoms with Crippen LogP contribution in [0.15, 0.2) is 41.4 Å². The van der Waals surface area contributed by atoms with Gasteiger partial charge in [-0.25, -0.2) is 4.98 Å². The standard InChI is InChI=1S/C12H10N2S/c13-8-3-9-15-12-7-6-10-4-1-2-5-11(10)14-12/h1-2,4-7H,3,9H2. The monoisotopic (exact) mass is 214 g/mol. The first-order valence-electron chi connectivity index (χ1n) is 4.76. The van der Waals surface area contributed by atoms with E-state index in [9.17, 15) is 0 Å². The predicted molar refractivity (Wildman–Crippen MR) is 62.7 cm³/mol. The van der Waals surface area contributed by atoms with E-state index in [0.29, 0.717) is 6.42 Å². The van der Waals surface area contributed by atoms with Gasteiger partial charge in [-0.3, -0.25) is 0 Å². The molecule has 2 aromatic rings. The first-order valence-corrected chi connectivity index (χ1v) is 5.74. The van der Waals surface area contributed by atoms with E-state index in [1.807, 2.05) is 30.3 Å². The van der Waals surface area contributed by atoms with E-state index in [1.54, 1.807) is 11.8 Å². The minimum absolute atomic E-state index is 0.569. The van der Waals surface area contributed by atoms with Gasteiger partial charge in [-0.15, -0.1) is 11.8 Å². The zero-order valence-corrected chi connectivity index (χ0v) is 9.00. The molecule has 2 rings (SSSR count). The van der Waals surface area contributed by atoms with Gasteiger partial charge in [0.05, 0.1) is 16.6 Å². The molecule has 0 spiro atoms. The fourth-order valence-electron chi connectivity index (χ4n) is 1.33. The fourth-order valence-corrected chi connectivity index (χ4v) is 2.06. The van der Waals surface area contributed by atoms with Gasteiger partial charge >= 0.3 is 0 Å². The molecular weight excluding hydrogens is 204 g/mol. The summed E-state index contributed by atoms with van der Waals surface area (Å²) in [5, 5.41) is 10.6. The minimum atomic E-state index is 0.569. The largest absolute Gasteiger partial charge is 0.241 e. The topological polar surface area (TPSA) is 36.7 Å². The Balaban J connectivity index is 2.20. The highest BCUT2D eigenvalue weighted by molar-refractivity contribution is 7.99. The van der Waals surface area contributed by atoms with Crippen LogP contribution in [0.3, 0.4) is 0 Å². The van der Waals surface area contributed by atoms with Crippen LogP contribution >= 0.6 is 11.8 Å². The number of pyridine rings is 1. The van der Waals surface area contributed by atoms with Crippen molar-refractivity contribution in [3.8, 4) is 6.07 Å². The van der Waals surface area contributed by atoms with Crippen LogP contribution in [0.5, 0.6) is 0 Å². The maximum atomic E-state index is 8.43. The normalized spacial score (nSPS) is 10.1. The maximum Gasteiger partial charge on any atom is 0.0967 e. The maximum absolute atomic E-state index is 8.43. The number of para-hydroxylation sites is 1. The average molecular weight is 214 g/mol. The van der Waals surface area contributed by atoms with Crippen LogP contribution in [0.2, 0.25) is 0 Å². The Bertz CT molecular complexity index is 502. The highest BCUT2D eigenvalue weighted by atomic mass is 32.2. The number of benzene rings is 1. The summed E-state index contributed by atoms with van der Waals surface area (Å²) in [4.78, 5) is 4.50. The summed E-state index contributed by atoms with van der Waals surface area (Å²) in [6.45, 7) is 0. The second-order valence-corrected chi connectivity index (χ2v) is 4.21. The van der Waals surface area contributed by atoms with Crippen LogP contribution in [-0.2, 0) is 0 Å². The van der Waals surface area contributed by atoms with Crippen molar-refractivity contribution in [3.63, 3.8) is 0 Å². The molecule has 74 valence electrons. The van der Waals surface area contributed by atoms with E-state index < -0.39 is 0 Å². The van der Waals surface area contributed by atoms with Gasteiger partial charge in [0.15, 0.2) is 0 Å². The Hall–Kier alpha value is -1.53. The molecule has 0 N–H and O–H groups in total. The quantitative estimate of drug-likeness (QED) is 0.581. The SMILES string of the molecule is N#CCCSc1ccc2ccccc2n1. The number of hydrogen-bond donors (Lipinski definition) is 0. The van der Waals surface area contributed by atoms with Crippen LogP contribution in [0.25, 0.3) is 10.9 Å². The van der Waals surface area contributed by atoms with Gasteiger partial charge in [0, 0.05) is 17.6 Å². The smallest absolute Gasteiger partial charge is 0.0967 e. The Morgan fingerprint density at radius 2 is 2.07 bits per heavy atom. The van der Waals surface area contributed by atoms with Crippen molar-refractivity contribution in [1.29, 1.82) is 5.26 Å². The van der Waals surface area contributed by atoms with Crippen molar-refractivity contribution in [1.82, 2.24) is 4.98 Å². The van der Waals surface area contributed by atoms with Crippen LogP contribution in [0.1, 0.15) is 6.42 Å². The zero-order chi connectivity index (χ0) is 10.5. The van der Waals surface area contributed by atoms with E-state index in [1.165, 1.54) is 0 Å². The molecule has 0 radical (unpaired) electrons. The second-order valence-electron chi connectivity index (χ2n) is 3.10. The lowest BCUT2D eigenvalue weighted by atomic mass is 10.2. The van der Waals surface area contributed by atoms with E-state index in [0.717, 1.165) is 21.7 Å². The number of nitrogens with zero attached hydrogens (tertiary/aromatic N) is 2. The number of thioether (sulfide) groups is 1. The van der Waals surface area contributed by atoms with E-state index in [2.05, 4.69) is 17.1 Å². The molecule has 2 nitrogen and oxygen atoms in total. The molecular formula is C12H10N2S. The van der Waals surface area contributed by atoms with Crippen molar-refractivity contribution in [3.05, 3.63) is 36.4 Å². The minimum Gasteiger partial charge on any atom is -0.241 e. The second kappa shape index (κ2) is 4.81. The van der Waals surface area contributed by atoms with Crippen molar-refractivity contribution >= 4 is 22.7 Å². The van der Waals surface area contributed by atoms with Crippen LogP contribution < -0.4 is 0 Å². The van der Waals surface area contributed by atoms with Gasteiger partial charge in [0.25, 0.3) is 0 Å². The molecule has 1 heterocycles. The molecule has 1 aromatic carbocycles. The van der Waals surface area contributed by atoms with Gasteiger partial charge in [0.1, 0.15) is 0 Å². The summed E-state index contributed by atoms with van der Waals surface area (Å²) in [5.41, 5.74) is 1.01. The molecule has 0 saturated heterocycles. The van der Waals surface area contributed by atoms with Gasteiger partial charge in [-0.05, 0) is 12.1 Å². The summed E-state index contributed by atoms with van der Waals surface area (Å²) in [6, 6.07) is 14.2. The van der Waals surface area contributed by atoms with Crippen molar-refractivity contribution < 1.29 is 0 Å². The molecule has 0 aliphatic carbocycles. The Kier molecular flexibility index (Phi) is 3.21. The van der Waals surface area contributed by atoms with E-state index >= 15 is 0 Å². The van der Waals surface area contributed by atoms with Crippen LogP contribution in [0.4, 0.5) is 0 Å². The molecule has 0 aliphatic rings. The van der Waals surface area contributed by atoms with Gasteiger partial charge in [-0.2, -0.15) is 5.26 Å². The van der Waals surface area contributed by atoms with E-state index in [4.69, 9.17) is 5.26 Å². The molecule has 0 bridgehead atoms. The van der Waals surface area contributed by atoms with Gasteiger partial charge in [-0.1, -0.05) is 24.3 Å². The number of aromatic nitrogens is 1. The molecule has 15 heavy (non-hydrogen) atoms. The van der Waals surface area contributed by atoms with Gasteiger partial charge in [0.2, 0.25) is 0 Å². The van der Waals surface area contributed by atoms with Crippen molar-refractivity contribution in [2.75, 3.05) is 5.75 Å². The Labute approximate surface area is 92.9 Å². The summed E-state index contributed by atoms with van der Waals surface area (Å²) < 4.78 is 0. The number of fused-ring (bicyclic) bond motifs is 1. The van der Waals surface area contributed by atoms with Crippen molar-refractivity contribution in [2.24, 2.45) is 0 Å². The molecule has 0 saturated carbocycles. The molecule has 0 fully saturated rings. The Morgan fingerprint density at radius 1 is 1.20 bits per heavy atom. The lowest BCUT2D eigenvalue weighted by Crippen LogP contribution is -1.83. The third kappa shape index (κ3) is 2.48. The molecule has 0 unspecified atom stereocenters. The lowest BCUT2D eigenvalue weighted by molar-refractivity contribution is 1.17. The van der Waals surface area contributed by atoms with Crippen molar-refractivity contribution in [2.45, 2.75) is 11.4 Å². The number of hydrogen-bond acceptors (Lipinski definition) is 3. The average Bonchev–Trinajstić information content (AvgIpc) is 2.29. The molecule has 3 heteroatoms. The fraction of sp³-hybridized carbons (Fsp3) is 0.167. The molecule has 0 aliphatic heterocycles. The molecule has 0 amide bonds. The number of rotatable bonds is 3. The first-order chi connectivity index (χ1) is 7.40. The summed E-state index contributed by atoms with van der Waals surface area (Å²) >= 11 is 1.63. The highest BCUT2D eigenvalue weighted by Gasteiger charge is 1.97. The van der Waals surface area contributed by atoms with E-state index in [-0.39, 0.29) is 0 Å². The predicted octanol–water partition coefficient (Wildman–Crippen LogP) is 3.24.